The molecule has 0 aliphatic rings. The van der Waals surface area contributed by atoms with Crippen LogP contribution < -0.4 is 10.9 Å². The molecule has 8 heteroatoms. The van der Waals surface area contributed by atoms with Gasteiger partial charge in [0, 0.05) is 16.5 Å². The summed E-state index contributed by atoms with van der Waals surface area (Å²) < 4.78 is 0. The van der Waals surface area contributed by atoms with E-state index in [1.807, 2.05) is 42.5 Å². The highest BCUT2D eigenvalue weighted by Gasteiger charge is 2.21. The molecule has 0 radical (unpaired) electrons. The van der Waals surface area contributed by atoms with Gasteiger partial charge in [-0.25, -0.2) is 0 Å². The molecular formula is C20H22N6O2. The number of hydrogen-bond donors (Lipinski definition) is 2. The van der Waals surface area contributed by atoms with Crippen molar-refractivity contribution in [3.05, 3.63) is 65.7 Å². The number of nitrogens with zero attached hydrogens (tertiary/aromatic N) is 4. The van der Waals surface area contributed by atoms with Gasteiger partial charge in [-0.1, -0.05) is 63.2 Å². The molecule has 0 fully saturated rings. The van der Waals surface area contributed by atoms with E-state index in [-0.39, 0.29) is 11.8 Å². The first-order valence-electron chi connectivity index (χ1n) is 8.86. The normalized spacial score (nSPS) is 11.1. The summed E-state index contributed by atoms with van der Waals surface area (Å²) in [6, 6.07) is 16.6. The smallest absolute Gasteiger partial charge is 0.269 e. The minimum absolute atomic E-state index is 0.260. The van der Waals surface area contributed by atoms with Crippen LogP contribution in [0.4, 0.5) is 0 Å². The molecule has 0 aliphatic heterocycles. The second-order valence-electron chi connectivity index (χ2n) is 7.36. The van der Waals surface area contributed by atoms with E-state index in [9.17, 15) is 9.59 Å². The van der Waals surface area contributed by atoms with Crippen LogP contribution >= 0.6 is 0 Å². The van der Waals surface area contributed by atoms with Crippen LogP contribution in [-0.2, 0) is 11.3 Å². The maximum Gasteiger partial charge on any atom is 0.269 e. The summed E-state index contributed by atoms with van der Waals surface area (Å²) in [4.78, 5) is 25.5. The number of carbonyl (C=O) groups is 2. The zero-order chi connectivity index (χ0) is 20.1. The minimum atomic E-state index is -0.583. The summed E-state index contributed by atoms with van der Waals surface area (Å²) in [5.74, 6) is -0.0791. The van der Waals surface area contributed by atoms with Crippen LogP contribution in [0.3, 0.4) is 0 Å². The van der Waals surface area contributed by atoms with E-state index in [1.165, 1.54) is 4.80 Å². The SMILES string of the molecule is CC(C)(C)C(=O)NNC(=O)c1ccc(Cn2nnc(-c3ccccc3)n2)cc1. The Morgan fingerprint density at radius 1 is 0.964 bits per heavy atom. The van der Waals surface area contributed by atoms with Gasteiger partial charge in [-0.3, -0.25) is 20.4 Å². The van der Waals surface area contributed by atoms with Gasteiger partial charge in [-0.15, -0.1) is 10.2 Å². The van der Waals surface area contributed by atoms with Gasteiger partial charge in [0.15, 0.2) is 0 Å². The highest BCUT2D eigenvalue weighted by Crippen LogP contribution is 2.13. The van der Waals surface area contributed by atoms with Crippen molar-refractivity contribution in [2.45, 2.75) is 27.3 Å². The molecular weight excluding hydrogens is 356 g/mol. The van der Waals surface area contributed by atoms with Crippen molar-refractivity contribution in [2.24, 2.45) is 5.41 Å². The molecule has 0 saturated heterocycles. The van der Waals surface area contributed by atoms with E-state index in [2.05, 4.69) is 26.3 Å². The van der Waals surface area contributed by atoms with E-state index < -0.39 is 5.41 Å². The van der Waals surface area contributed by atoms with Crippen LogP contribution in [0, 0.1) is 5.41 Å². The number of amides is 2. The Bertz CT molecular complexity index is 958. The Morgan fingerprint density at radius 3 is 2.29 bits per heavy atom. The molecule has 0 aliphatic carbocycles. The van der Waals surface area contributed by atoms with E-state index in [0.29, 0.717) is 17.9 Å². The summed E-state index contributed by atoms with van der Waals surface area (Å²) in [6.07, 6.45) is 0. The maximum atomic E-state index is 12.1. The van der Waals surface area contributed by atoms with Crippen molar-refractivity contribution in [3.63, 3.8) is 0 Å². The predicted molar refractivity (Wildman–Crippen MR) is 104 cm³/mol. The Hall–Kier alpha value is -3.55. The Morgan fingerprint density at radius 2 is 1.64 bits per heavy atom. The third-order valence-electron chi connectivity index (χ3n) is 4.00. The first-order valence-corrected chi connectivity index (χ1v) is 8.86. The Labute approximate surface area is 162 Å². The lowest BCUT2D eigenvalue weighted by Gasteiger charge is -2.17. The van der Waals surface area contributed by atoms with Gasteiger partial charge in [0.05, 0.1) is 6.54 Å². The van der Waals surface area contributed by atoms with Gasteiger partial charge in [-0.2, -0.15) is 4.80 Å². The van der Waals surface area contributed by atoms with Crippen LogP contribution in [0.15, 0.2) is 54.6 Å². The van der Waals surface area contributed by atoms with Gasteiger partial charge in [0.1, 0.15) is 0 Å². The third kappa shape index (κ3) is 4.79. The van der Waals surface area contributed by atoms with Gasteiger partial charge in [0.25, 0.3) is 5.91 Å². The van der Waals surface area contributed by atoms with Crippen molar-refractivity contribution in [3.8, 4) is 11.4 Å². The van der Waals surface area contributed by atoms with Crippen molar-refractivity contribution < 1.29 is 9.59 Å². The number of hydrazine groups is 1. The molecule has 3 aromatic rings. The predicted octanol–water partition coefficient (Wildman–Crippen LogP) is 2.20. The van der Waals surface area contributed by atoms with Gasteiger partial charge in [0.2, 0.25) is 11.7 Å². The molecule has 2 N–H and O–H groups in total. The van der Waals surface area contributed by atoms with Crippen LogP contribution in [0.25, 0.3) is 11.4 Å². The number of carbonyl (C=O) groups excluding carboxylic acids is 2. The van der Waals surface area contributed by atoms with Gasteiger partial charge >= 0.3 is 0 Å². The Kier molecular flexibility index (Phi) is 5.49. The maximum absolute atomic E-state index is 12.1. The summed E-state index contributed by atoms with van der Waals surface area (Å²) in [7, 11) is 0. The molecule has 144 valence electrons. The van der Waals surface area contributed by atoms with Gasteiger partial charge < -0.3 is 0 Å². The molecule has 0 saturated carbocycles. The molecule has 0 bridgehead atoms. The van der Waals surface area contributed by atoms with E-state index in [4.69, 9.17) is 0 Å². The number of tetrazole rings is 1. The second kappa shape index (κ2) is 7.99. The number of rotatable bonds is 4. The zero-order valence-corrected chi connectivity index (χ0v) is 16.0. The van der Waals surface area contributed by atoms with Crippen LogP contribution in [0.5, 0.6) is 0 Å². The summed E-state index contributed by atoms with van der Waals surface area (Å²) in [5, 5.41) is 12.5. The van der Waals surface area contributed by atoms with E-state index in [1.54, 1.807) is 32.9 Å². The standard InChI is InChI=1S/C20H22N6O2/c1-20(2,3)19(28)23-22-18(27)16-11-9-14(10-12-16)13-26-24-17(21-25-26)15-7-5-4-6-8-15/h4-12H,13H2,1-3H3,(H,22,27)(H,23,28). The monoisotopic (exact) mass is 378 g/mol. The molecule has 1 heterocycles. The van der Waals surface area contributed by atoms with Crippen LogP contribution in [0.2, 0.25) is 0 Å². The van der Waals surface area contributed by atoms with Crippen molar-refractivity contribution in [2.75, 3.05) is 0 Å². The molecule has 2 amide bonds. The topological polar surface area (TPSA) is 102 Å². The second-order valence-corrected chi connectivity index (χ2v) is 7.36. The van der Waals surface area contributed by atoms with Gasteiger partial charge in [-0.05, 0) is 22.9 Å². The highest BCUT2D eigenvalue weighted by molar-refractivity contribution is 5.95. The molecule has 0 atom stereocenters. The average molecular weight is 378 g/mol. The van der Waals surface area contributed by atoms with Crippen LogP contribution in [0.1, 0.15) is 36.7 Å². The van der Waals surface area contributed by atoms with Crippen molar-refractivity contribution in [1.29, 1.82) is 0 Å². The average Bonchev–Trinajstić information content (AvgIpc) is 3.15. The minimum Gasteiger partial charge on any atom is -0.273 e. The highest BCUT2D eigenvalue weighted by atomic mass is 16.2. The Balaban J connectivity index is 1.60. The molecule has 1 aromatic heterocycles. The lowest BCUT2D eigenvalue weighted by Crippen LogP contribution is -2.46. The molecule has 8 nitrogen and oxygen atoms in total. The fourth-order valence-electron chi connectivity index (χ4n) is 2.31. The molecule has 28 heavy (non-hydrogen) atoms. The lowest BCUT2D eigenvalue weighted by molar-refractivity contribution is -0.129. The van der Waals surface area contributed by atoms with Crippen molar-refractivity contribution >= 4 is 11.8 Å². The quantitative estimate of drug-likeness (QED) is 0.678. The zero-order valence-electron chi connectivity index (χ0n) is 16.0. The fourth-order valence-corrected chi connectivity index (χ4v) is 2.31. The summed E-state index contributed by atoms with van der Waals surface area (Å²) >= 11 is 0. The number of aromatic nitrogens is 4. The summed E-state index contributed by atoms with van der Waals surface area (Å²) in [5.41, 5.74) is 6.52. The fraction of sp³-hybridized carbons (Fsp3) is 0.250. The number of hydrogen-bond acceptors (Lipinski definition) is 5. The number of nitrogens with one attached hydrogen (secondary N) is 2. The van der Waals surface area contributed by atoms with Crippen molar-refractivity contribution in [1.82, 2.24) is 31.1 Å². The van der Waals surface area contributed by atoms with E-state index >= 15 is 0 Å². The van der Waals surface area contributed by atoms with E-state index in [0.717, 1.165) is 11.1 Å². The lowest BCUT2D eigenvalue weighted by atomic mass is 9.96. The molecule has 0 spiro atoms. The van der Waals surface area contributed by atoms with Crippen LogP contribution in [-0.4, -0.2) is 32.0 Å². The first kappa shape index (κ1) is 19.2. The largest absolute Gasteiger partial charge is 0.273 e. The summed E-state index contributed by atoms with van der Waals surface area (Å²) in [6.45, 7) is 5.74. The first-order chi connectivity index (χ1) is 13.3. The molecule has 3 rings (SSSR count). The third-order valence-corrected chi connectivity index (χ3v) is 4.00. The molecule has 2 aromatic carbocycles. The number of benzene rings is 2. The molecule has 0 unspecified atom stereocenters.